The Labute approximate surface area is 197 Å². The molecule has 1 heterocycles. The molecule has 2 amide bonds. The minimum Gasteiger partial charge on any atom is -0.353 e. The number of benzene rings is 1. The fourth-order valence-electron chi connectivity index (χ4n) is 5.04. The fourth-order valence-corrected chi connectivity index (χ4v) is 6.21. The molecule has 0 spiro atoms. The van der Waals surface area contributed by atoms with Crippen LogP contribution in [0, 0.1) is 17.8 Å². The molecule has 1 aromatic rings. The number of carbonyl (C=O) groups excluding carboxylic acids is 2. The van der Waals surface area contributed by atoms with Gasteiger partial charge in [-0.15, -0.1) is 0 Å². The molecule has 1 aromatic carbocycles. The first-order valence-corrected chi connectivity index (χ1v) is 13.9. The predicted octanol–water partition coefficient (Wildman–Crippen LogP) is 3.37. The van der Waals surface area contributed by atoms with Gasteiger partial charge in [-0.25, -0.2) is 13.1 Å². The average Bonchev–Trinajstić information content (AvgIpc) is 3.59. The molecule has 0 aromatic heterocycles. The minimum absolute atomic E-state index is 0.0341. The Balaban J connectivity index is 1.32. The van der Waals surface area contributed by atoms with Crippen LogP contribution in [0.15, 0.2) is 23.1 Å². The number of hydrogen-bond donors (Lipinski definition) is 2. The summed E-state index contributed by atoms with van der Waals surface area (Å²) in [6, 6.07) is 5.38. The SMILES string of the molecule is CC[C@H](C)NC(=O)C1CCC(CNS(=O)(=O)c2ccc3c(c2)C[C@@H](C)N3C(=O)C2CC2)CC1. The molecule has 2 atom stereocenters. The Morgan fingerprint density at radius 1 is 1.09 bits per heavy atom. The molecule has 0 saturated heterocycles. The molecule has 0 unspecified atom stereocenters. The van der Waals surface area contributed by atoms with Gasteiger partial charge in [0.05, 0.1) is 4.90 Å². The quantitative estimate of drug-likeness (QED) is 0.603. The number of anilines is 1. The van der Waals surface area contributed by atoms with Crippen LogP contribution >= 0.6 is 0 Å². The molecule has 2 fully saturated rings. The lowest BCUT2D eigenvalue weighted by Gasteiger charge is -2.28. The number of rotatable bonds is 8. The third kappa shape index (κ3) is 5.43. The van der Waals surface area contributed by atoms with E-state index in [1.165, 1.54) is 0 Å². The van der Waals surface area contributed by atoms with E-state index < -0.39 is 10.0 Å². The highest BCUT2D eigenvalue weighted by atomic mass is 32.2. The molecule has 8 heteroatoms. The highest BCUT2D eigenvalue weighted by Gasteiger charge is 2.39. The second-order valence-corrected chi connectivity index (χ2v) is 12.0. The highest BCUT2D eigenvalue weighted by Crippen LogP contribution is 2.39. The monoisotopic (exact) mass is 475 g/mol. The van der Waals surface area contributed by atoms with Gasteiger partial charge in [0.1, 0.15) is 0 Å². The number of amides is 2. The van der Waals surface area contributed by atoms with Crippen molar-refractivity contribution in [2.45, 2.75) is 89.1 Å². The van der Waals surface area contributed by atoms with Gasteiger partial charge < -0.3 is 10.2 Å². The molecule has 3 aliphatic rings. The van der Waals surface area contributed by atoms with Gasteiger partial charge in [0.2, 0.25) is 21.8 Å². The Morgan fingerprint density at radius 2 is 1.76 bits per heavy atom. The number of nitrogens with zero attached hydrogens (tertiary/aromatic N) is 1. The third-order valence-corrected chi connectivity index (χ3v) is 8.94. The topological polar surface area (TPSA) is 95.6 Å². The number of nitrogens with one attached hydrogen (secondary N) is 2. The molecular formula is C25H37N3O4S. The third-order valence-electron chi connectivity index (χ3n) is 7.52. The van der Waals surface area contributed by atoms with Crippen molar-refractivity contribution in [3.63, 3.8) is 0 Å². The van der Waals surface area contributed by atoms with Crippen molar-refractivity contribution in [2.75, 3.05) is 11.4 Å². The van der Waals surface area contributed by atoms with Gasteiger partial charge in [-0.3, -0.25) is 9.59 Å². The summed E-state index contributed by atoms with van der Waals surface area (Å²) in [7, 11) is -3.62. The molecule has 1 aliphatic heterocycles. The van der Waals surface area contributed by atoms with E-state index in [0.717, 1.165) is 56.2 Å². The average molecular weight is 476 g/mol. The second-order valence-electron chi connectivity index (χ2n) is 10.2. The maximum Gasteiger partial charge on any atom is 0.240 e. The van der Waals surface area contributed by atoms with Gasteiger partial charge >= 0.3 is 0 Å². The zero-order chi connectivity index (χ0) is 23.8. The van der Waals surface area contributed by atoms with Gasteiger partial charge in [-0.05, 0) is 94.9 Å². The smallest absolute Gasteiger partial charge is 0.240 e. The number of sulfonamides is 1. The Bertz CT molecular complexity index is 997. The van der Waals surface area contributed by atoms with E-state index in [1.807, 2.05) is 18.7 Å². The van der Waals surface area contributed by atoms with Gasteiger partial charge in [0.25, 0.3) is 0 Å². The normalized spacial score (nSPS) is 26.0. The Hall–Kier alpha value is -1.93. The maximum absolute atomic E-state index is 13.0. The van der Waals surface area contributed by atoms with Gasteiger partial charge in [-0.2, -0.15) is 0 Å². The van der Waals surface area contributed by atoms with Crippen molar-refractivity contribution in [3.8, 4) is 0 Å². The summed E-state index contributed by atoms with van der Waals surface area (Å²) in [5.74, 6) is 0.716. The number of hydrogen-bond acceptors (Lipinski definition) is 4. The number of fused-ring (bicyclic) bond motifs is 1. The minimum atomic E-state index is -3.62. The van der Waals surface area contributed by atoms with E-state index in [0.29, 0.717) is 13.0 Å². The molecule has 2 saturated carbocycles. The van der Waals surface area contributed by atoms with E-state index >= 15 is 0 Å². The van der Waals surface area contributed by atoms with Crippen molar-refractivity contribution in [1.29, 1.82) is 0 Å². The second kappa shape index (κ2) is 9.74. The predicted molar refractivity (Wildman–Crippen MR) is 128 cm³/mol. The van der Waals surface area contributed by atoms with E-state index in [4.69, 9.17) is 0 Å². The largest absolute Gasteiger partial charge is 0.353 e. The lowest BCUT2D eigenvalue weighted by molar-refractivity contribution is -0.126. The Kier molecular flexibility index (Phi) is 7.15. The summed E-state index contributed by atoms with van der Waals surface area (Å²) in [6.45, 7) is 6.48. The van der Waals surface area contributed by atoms with Crippen LogP contribution in [-0.4, -0.2) is 38.9 Å². The molecule has 7 nitrogen and oxygen atoms in total. The van der Waals surface area contributed by atoms with E-state index in [9.17, 15) is 18.0 Å². The standard InChI is InChI=1S/C25H37N3O4S/c1-4-16(2)27-24(29)19-7-5-18(6-8-19)15-26-33(31,32)22-11-12-23-21(14-22)13-17(3)28(23)25(30)20-9-10-20/h11-12,14,16-20,26H,4-10,13,15H2,1-3H3,(H,27,29)/t16-,17+,18?,19?/m0/s1. The zero-order valence-electron chi connectivity index (χ0n) is 20.0. The van der Waals surface area contributed by atoms with Crippen molar-refractivity contribution in [2.24, 2.45) is 17.8 Å². The lowest BCUT2D eigenvalue weighted by Crippen LogP contribution is -2.39. The first kappa shape index (κ1) is 24.2. The Morgan fingerprint density at radius 3 is 2.39 bits per heavy atom. The van der Waals surface area contributed by atoms with Crippen LogP contribution < -0.4 is 14.9 Å². The molecule has 2 N–H and O–H groups in total. The molecule has 4 rings (SSSR count). The summed E-state index contributed by atoms with van der Waals surface area (Å²) in [6.07, 6.45) is 6.81. The van der Waals surface area contributed by atoms with Crippen LogP contribution in [0.2, 0.25) is 0 Å². The molecular weight excluding hydrogens is 438 g/mol. The summed E-state index contributed by atoms with van der Waals surface area (Å²) in [5, 5.41) is 3.06. The van der Waals surface area contributed by atoms with Gasteiger partial charge in [-0.1, -0.05) is 6.92 Å². The lowest BCUT2D eigenvalue weighted by atomic mass is 9.81. The van der Waals surface area contributed by atoms with Crippen molar-refractivity contribution in [1.82, 2.24) is 10.0 Å². The van der Waals surface area contributed by atoms with Crippen LogP contribution in [-0.2, 0) is 26.0 Å². The van der Waals surface area contributed by atoms with E-state index in [2.05, 4.69) is 17.0 Å². The summed E-state index contributed by atoms with van der Waals surface area (Å²) in [5.41, 5.74) is 1.78. The van der Waals surface area contributed by atoms with Crippen LogP contribution in [0.25, 0.3) is 0 Å². The summed E-state index contributed by atoms with van der Waals surface area (Å²) in [4.78, 5) is 27.1. The van der Waals surface area contributed by atoms with Crippen molar-refractivity contribution < 1.29 is 18.0 Å². The highest BCUT2D eigenvalue weighted by molar-refractivity contribution is 7.89. The molecule has 0 bridgehead atoms. The van der Waals surface area contributed by atoms with Crippen LogP contribution in [0.5, 0.6) is 0 Å². The number of carbonyl (C=O) groups is 2. The molecule has 0 radical (unpaired) electrons. The first-order valence-electron chi connectivity index (χ1n) is 12.5. The van der Waals surface area contributed by atoms with Crippen molar-refractivity contribution in [3.05, 3.63) is 23.8 Å². The summed E-state index contributed by atoms with van der Waals surface area (Å²) >= 11 is 0. The van der Waals surface area contributed by atoms with E-state index in [-0.39, 0.29) is 46.5 Å². The molecule has 2 aliphatic carbocycles. The van der Waals surface area contributed by atoms with E-state index in [1.54, 1.807) is 18.2 Å². The summed E-state index contributed by atoms with van der Waals surface area (Å²) < 4.78 is 28.7. The first-order chi connectivity index (χ1) is 15.7. The van der Waals surface area contributed by atoms with Crippen LogP contribution in [0.4, 0.5) is 5.69 Å². The molecule has 182 valence electrons. The van der Waals surface area contributed by atoms with Crippen LogP contribution in [0.1, 0.15) is 71.3 Å². The van der Waals surface area contributed by atoms with Gasteiger partial charge in [0, 0.05) is 36.2 Å². The van der Waals surface area contributed by atoms with Gasteiger partial charge in [0.15, 0.2) is 0 Å². The van der Waals surface area contributed by atoms with Crippen molar-refractivity contribution >= 4 is 27.5 Å². The van der Waals surface area contributed by atoms with Crippen LogP contribution in [0.3, 0.4) is 0 Å². The maximum atomic E-state index is 13.0. The molecule has 33 heavy (non-hydrogen) atoms. The fraction of sp³-hybridized carbons (Fsp3) is 0.680. The zero-order valence-corrected chi connectivity index (χ0v) is 20.8.